The van der Waals surface area contributed by atoms with Crippen LogP contribution in [0.5, 0.6) is 5.88 Å². The summed E-state index contributed by atoms with van der Waals surface area (Å²) in [6.45, 7) is 0. The van der Waals surface area contributed by atoms with Crippen LogP contribution >= 0.6 is 15.9 Å². The number of pyridine rings is 1. The van der Waals surface area contributed by atoms with Gasteiger partial charge in [-0.3, -0.25) is 4.98 Å². The third-order valence-electron chi connectivity index (χ3n) is 5.71. The zero-order chi connectivity index (χ0) is 21.5. The molecule has 9 heteroatoms. The Balaban J connectivity index is 1.34. The summed E-state index contributed by atoms with van der Waals surface area (Å²) in [5.41, 5.74) is 2.59. The van der Waals surface area contributed by atoms with Crippen molar-refractivity contribution in [2.75, 3.05) is 7.11 Å². The van der Waals surface area contributed by atoms with E-state index in [9.17, 15) is 10.2 Å². The van der Waals surface area contributed by atoms with E-state index in [-0.39, 0.29) is 0 Å². The first-order valence-electron chi connectivity index (χ1n) is 9.96. The first-order chi connectivity index (χ1) is 15.0. The maximum absolute atomic E-state index is 10.7. The van der Waals surface area contributed by atoms with E-state index >= 15 is 0 Å². The maximum Gasteiger partial charge on any atom is 0.225 e. The van der Waals surface area contributed by atoms with Gasteiger partial charge in [0.2, 0.25) is 5.88 Å². The topological polar surface area (TPSA) is 103 Å². The Morgan fingerprint density at radius 3 is 2.84 bits per heavy atom. The summed E-state index contributed by atoms with van der Waals surface area (Å²) in [6, 6.07) is 9.96. The molecule has 1 aliphatic rings. The van der Waals surface area contributed by atoms with Crippen molar-refractivity contribution in [3.63, 3.8) is 0 Å². The molecule has 0 aliphatic carbocycles. The highest BCUT2D eigenvalue weighted by molar-refractivity contribution is 9.10. The fourth-order valence-corrected chi connectivity index (χ4v) is 4.47. The molecule has 0 spiro atoms. The van der Waals surface area contributed by atoms with Gasteiger partial charge in [-0.15, -0.1) is 0 Å². The van der Waals surface area contributed by atoms with Gasteiger partial charge in [-0.2, -0.15) is 0 Å². The number of benzene rings is 1. The quantitative estimate of drug-likeness (QED) is 0.448. The van der Waals surface area contributed by atoms with Gasteiger partial charge in [0.15, 0.2) is 6.23 Å². The molecule has 1 fully saturated rings. The van der Waals surface area contributed by atoms with Crippen LogP contribution < -0.4 is 4.74 Å². The van der Waals surface area contributed by atoms with Crippen molar-refractivity contribution in [3.8, 4) is 5.88 Å². The summed E-state index contributed by atoms with van der Waals surface area (Å²) in [7, 11) is 1.54. The molecule has 1 aromatic carbocycles. The number of aliphatic hydroxyl groups is 2. The minimum absolute atomic E-state index is 0.449. The smallest absolute Gasteiger partial charge is 0.225 e. The average Bonchev–Trinajstić information content (AvgIpc) is 3.33. The molecule has 4 heterocycles. The van der Waals surface area contributed by atoms with Crippen molar-refractivity contribution in [2.45, 2.75) is 37.4 Å². The van der Waals surface area contributed by atoms with Gasteiger partial charge in [0, 0.05) is 22.3 Å². The number of hydrogen-bond donors (Lipinski definition) is 2. The van der Waals surface area contributed by atoms with Crippen LogP contribution in [0.1, 0.15) is 18.2 Å². The van der Waals surface area contributed by atoms with Crippen molar-refractivity contribution in [1.82, 2.24) is 19.5 Å². The molecule has 160 valence electrons. The largest absolute Gasteiger partial charge is 0.480 e. The third-order valence-corrected chi connectivity index (χ3v) is 6.14. The second-order valence-electron chi connectivity index (χ2n) is 7.61. The van der Waals surface area contributed by atoms with Gasteiger partial charge in [0.25, 0.3) is 0 Å². The van der Waals surface area contributed by atoms with Gasteiger partial charge in [-0.25, -0.2) is 9.97 Å². The van der Waals surface area contributed by atoms with Crippen molar-refractivity contribution < 1.29 is 19.7 Å². The van der Waals surface area contributed by atoms with Gasteiger partial charge in [0.1, 0.15) is 24.2 Å². The molecule has 0 unspecified atom stereocenters. The lowest BCUT2D eigenvalue weighted by atomic mass is 10.0. The SMILES string of the molecule is COc1ncnc2c1ccn2[C@@H]1O[C@H](CCc2ccc3cc(Br)cnc3c2)[C@@H](O)[C@H]1O. The average molecular weight is 485 g/mol. The van der Waals surface area contributed by atoms with Gasteiger partial charge in [-0.05, 0) is 52.5 Å². The monoisotopic (exact) mass is 484 g/mol. The molecule has 1 aliphatic heterocycles. The Morgan fingerprint density at radius 1 is 1.13 bits per heavy atom. The first-order valence-corrected chi connectivity index (χ1v) is 10.8. The van der Waals surface area contributed by atoms with Crippen LogP contribution in [0.15, 0.2) is 53.5 Å². The van der Waals surface area contributed by atoms with Crippen LogP contribution in [0.4, 0.5) is 0 Å². The van der Waals surface area contributed by atoms with Crippen LogP contribution in [0.2, 0.25) is 0 Å². The van der Waals surface area contributed by atoms with Crippen LogP contribution in [0, 0.1) is 0 Å². The van der Waals surface area contributed by atoms with E-state index in [2.05, 4.69) is 30.9 Å². The van der Waals surface area contributed by atoms with Crippen LogP contribution in [-0.2, 0) is 11.2 Å². The molecule has 1 saturated heterocycles. The lowest BCUT2D eigenvalue weighted by Gasteiger charge is -2.17. The summed E-state index contributed by atoms with van der Waals surface area (Å²) >= 11 is 3.44. The van der Waals surface area contributed by atoms with Crippen molar-refractivity contribution in [2.24, 2.45) is 0 Å². The van der Waals surface area contributed by atoms with E-state index in [4.69, 9.17) is 9.47 Å². The molecule has 0 bridgehead atoms. The minimum atomic E-state index is -1.07. The number of ether oxygens (including phenoxy) is 2. The molecule has 0 radical (unpaired) electrons. The fraction of sp³-hybridized carbons (Fsp3) is 0.318. The Hall–Kier alpha value is -2.59. The van der Waals surface area contributed by atoms with E-state index in [0.717, 1.165) is 20.9 Å². The molecule has 3 aromatic heterocycles. The zero-order valence-corrected chi connectivity index (χ0v) is 18.3. The Labute approximate surface area is 186 Å². The molecule has 31 heavy (non-hydrogen) atoms. The Morgan fingerprint density at radius 2 is 2.00 bits per heavy atom. The number of aromatic nitrogens is 4. The van der Waals surface area contributed by atoms with Crippen molar-refractivity contribution in [1.29, 1.82) is 0 Å². The number of halogens is 1. The fourth-order valence-electron chi connectivity index (χ4n) is 4.12. The predicted molar refractivity (Wildman–Crippen MR) is 118 cm³/mol. The second-order valence-corrected chi connectivity index (χ2v) is 8.52. The molecule has 4 aromatic rings. The van der Waals surface area contributed by atoms with Gasteiger partial charge in [0.05, 0.1) is 24.1 Å². The second kappa shape index (κ2) is 8.16. The van der Waals surface area contributed by atoms with E-state index in [1.807, 2.05) is 30.3 Å². The highest BCUT2D eigenvalue weighted by atomic mass is 79.9. The van der Waals surface area contributed by atoms with Crippen LogP contribution in [-0.4, -0.2) is 55.2 Å². The molecule has 0 saturated carbocycles. The van der Waals surface area contributed by atoms with Gasteiger partial charge < -0.3 is 24.3 Å². The molecular formula is C22H21BrN4O4. The number of aryl methyl sites for hydroxylation is 1. The Kier molecular flexibility index (Phi) is 5.35. The molecule has 0 amide bonds. The highest BCUT2D eigenvalue weighted by Gasteiger charge is 2.43. The van der Waals surface area contributed by atoms with E-state index in [0.29, 0.717) is 29.8 Å². The number of fused-ring (bicyclic) bond motifs is 2. The molecule has 2 N–H and O–H groups in total. The number of rotatable bonds is 5. The minimum Gasteiger partial charge on any atom is -0.480 e. The summed E-state index contributed by atoms with van der Waals surface area (Å²) < 4.78 is 14.0. The standard InChI is InChI=1S/C22H21BrN4O4/c1-30-21-15-6-7-27(20(15)25-11-26-21)22-19(29)18(28)17(31-22)5-3-12-2-4-13-9-14(23)10-24-16(13)8-12/h2,4,6-11,17-19,22,28-29H,3,5H2,1H3/t17-,18-,19-,22-/m1/s1. The van der Waals surface area contributed by atoms with Gasteiger partial charge in [-0.1, -0.05) is 12.1 Å². The lowest BCUT2D eigenvalue weighted by Crippen LogP contribution is -2.31. The number of methoxy groups -OCH3 is 1. The van der Waals surface area contributed by atoms with Crippen molar-refractivity contribution >= 4 is 37.9 Å². The van der Waals surface area contributed by atoms with Crippen LogP contribution in [0.25, 0.3) is 21.9 Å². The zero-order valence-electron chi connectivity index (χ0n) is 16.7. The van der Waals surface area contributed by atoms with E-state index < -0.39 is 24.5 Å². The van der Waals surface area contributed by atoms with Crippen molar-refractivity contribution in [3.05, 3.63) is 59.1 Å². The number of hydrogen-bond acceptors (Lipinski definition) is 7. The lowest BCUT2D eigenvalue weighted by molar-refractivity contribution is -0.0364. The summed E-state index contributed by atoms with van der Waals surface area (Å²) in [5, 5.41) is 23.1. The summed E-state index contributed by atoms with van der Waals surface area (Å²) in [6.07, 6.45) is 2.87. The normalized spacial score (nSPS) is 23.6. The Bertz CT molecular complexity index is 1250. The van der Waals surface area contributed by atoms with E-state index in [1.165, 1.54) is 6.33 Å². The highest BCUT2D eigenvalue weighted by Crippen LogP contribution is 2.35. The van der Waals surface area contributed by atoms with Gasteiger partial charge >= 0.3 is 0 Å². The molecule has 4 atom stereocenters. The molecular weight excluding hydrogens is 464 g/mol. The predicted octanol–water partition coefficient (Wildman–Crippen LogP) is 3.00. The molecule has 8 nitrogen and oxygen atoms in total. The molecule has 5 rings (SSSR count). The van der Waals surface area contributed by atoms with Crippen LogP contribution in [0.3, 0.4) is 0 Å². The first kappa shape index (κ1) is 20.3. The number of aliphatic hydroxyl groups excluding tert-OH is 2. The summed E-state index contributed by atoms with van der Waals surface area (Å²) in [5.74, 6) is 0.449. The third kappa shape index (κ3) is 3.67. The number of nitrogens with zero attached hydrogens (tertiary/aromatic N) is 4. The summed E-state index contributed by atoms with van der Waals surface area (Å²) in [4.78, 5) is 12.8. The maximum atomic E-state index is 10.7. The van der Waals surface area contributed by atoms with E-state index in [1.54, 1.807) is 24.1 Å².